The van der Waals surface area contributed by atoms with E-state index in [0.29, 0.717) is 0 Å². The van der Waals surface area contributed by atoms with Crippen LogP contribution in [0.25, 0.3) is 18.2 Å². The first-order valence-electron chi connectivity index (χ1n) is 5.20. The fourth-order valence-corrected chi connectivity index (χ4v) is 1.43. The first-order valence-corrected chi connectivity index (χ1v) is 5.20. The van der Waals surface area contributed by atoms with E-state index in [1.165, 1.54) is 5.56 Å². The predicted molar refractivity (Wildman–Crippen MR) is 69.7 cm³/mol. The summed E-state index contributed by atoms with van der Waals surface area (Å²) in [5.41, 5.74) is 3.21. The van der Waals surface area contributed by atoms with E-state index in [1.54, 1.807) is 6.20 Å². The van der Waals surface area contributed by atoms with E-state index in [4.69, 9.17) is 0 Å². The molecule has 1 aromatic heterocycles. The molecular weight excluding hydrogens is 194 g/mol. The standard InChI is InChI=1S/C15H13N/c1-2-13-10-11-16-15(12-13)9-8-14-6-4-3-5-7-14/h2-12H,1H2. The normalized spacial score (nSPS) is 10.5. The van der Waals surface area contributed by atoms with Gasteiger partial charge in [-0.3, -0.25) is 4.98 Å². The summed E-state index contributed by atoms with van der Waals surface area (Å²) in [6.07, 6.45) is 7.67. The molecular formula is C15H13N. The van der Waals surface area contributed by atoms with Gasteiger partial charge in [-0.05, 0) is 29.3 Å². The average Bonchev–Trinajstić information content (AvgIpc) is 2.38. The maximum Gasteiger partial charge on any atom is 0.0635 e. The Morgan fingerprint density at radius 2 is 1.75 bits per heavy atom. The number of hydrogen-bond acceptors (Lipinski definition) is 1. The van der Waals surface area contributed by atoms with E-state index in [0.717, 1.165) is 11.3 Å². The van der Waals surface area contributed by atoms with E-state index in [9.17, 15) is 0 Å². The number of aromatic nitrogens is 1. The molecule has 1 aromatic carbocycles. The molecule has 2 aromatic rings. The largest absolute Gasteiger partial charge is 0.257 e. The molecule has 0 radical (unpaired) electrons. The first kappa shape index (κ1) is 10.4. The number of nitrogens with zero attached hydrogens (tertiary/aromatic N) is 1. The minimum Gasteiger partial charge on any atom is -0.257 e. The van der Waals surface area contributed by atoms with Crippen LogP contribution in [-0.2, 0) is 0 Å². The molecule has 2 rings (SSSR count). The molecule has 0 spiro atoms. The lowest BCUT2D eigenvalue weighted by molar-refractivity contribution is 1.29. The Kier molecular flexibility index (Phi) is 3.29. The van der Waals surface area contributed by atoms with Crippen molar-refractivity contribution in [1.29, 1.82) is 0 Å². The van der Waals surface area contributed by atoms with Crippen LogP contribution >= 0.6 is 0 Å². The van der Waals surface area contributed by atoms with Gasteiger partial charge in [0.15, 0.2) is 0 Å². The van der Waals surface area contributed by atoms with E-state index in [2.05, 4.69) is 29.8 Å². The van der Waals surface area contributed by atoms with Gasteiger partial charge in [0.05, 0.1) is 5.69 Å². The zero-order valence-electron chi connectivity index (χ0n) is 9.01. The second kappa shape index (κ2) is 5.08. The predicted octanol–water partition coefficient (Wildman–Crippen LogP) is 3.90. The summed E-state index contributed by atoms with van der Waals surface area (Å²) in [5, 5.41) is 0. The molecule has 0 bridgehead atoms. The molecule has 0 N–H and O–H groups in total. The molecule has 0 aliphatic heterocycles. The topological polar surface area (TPSA) is 12.9 Å². The summed E-state index contributed by atoms with van der Waals surface area (Å²) in [7, 11) is 0. The molecule has 0 unspecified atom stereocenters. The Hall–Kier alpha value is -2.15. The minimum atomic E-state index is 0.946. The van der Waals surface area contributed by atoms with E-state index in [-0.39, 0.29) is 0 Å². The maximum atomic E-state index is 4.27. The monoisotopic (exact) mass is 207 g/mol. The Morgan fingerprint density at radius 1 is 0.938 bits per heavy atom. The Labute approximate surface area is 95.8 Å². The molecule has 78 valence electrons. The van der Waals surface area contributed by atoms with Crippen molar-refractivity contribution in [2.24, 2.45) is 0 Å². The van der Waals surface area contributed by atoms with Crippen molar-refractivity contribution in [2.45, 2.75) is 0 Å². The number of pyridine rings is 1. The van der Waals surface area contributed by atoms with Crippen LogP contribution in [0.2, 0.25) is 0 Å². The molecule has 0 saturated heterocycles. The molecule has 0 amide bonds. The smallest absolute Gasteiger partial charge is 0.0635 e. The van der Waals surface area contributed by atoms with Gasteiger partial charge in [0.1, 0.15) is 0 Å². The minimum absolute atomic E-state index is 0.946. The summed E-state index contributed by atoms with van der Waals surface area (Å²) in [6, 6.07) is 14.1. The Balaban J connectivity index is 2.20. The van der Waals surface area contributed by atoms with Crippen molar-refractivity contribution >= 4 is 18.2 Å². The number of hydrogen-bond donors (Lipinski definition) is 0. The summed E-state index contributed by atoms with van der Waals surface area (Å²) >= 11 is 0. The lowest BCUT2D eigenvalue weighted by Gasteiger charge is -1.95. The highest BCUT2D eigenvalue weighted by Crippen LogP contribution is 2.08. The van der Waals surface area contributed by atoms with Gasteiger partial charge in [0.25, 0.3) is 0 Å². The molecule has 0 atom stereocenters. The van der Waals surface area contributed by atoms with Crippen LogP contribution in [0.5, 0.6) is 0 Å². The van der Waals surface area contributed by atoms with Gasteiger partial charge in [-0.15, -0.1) is 0 Å². The molecule has 0 saturated carbocycles. The first-order chi connectivity index (χ1) is 7.88. The lowest BCUT2D eigenvalue weighted by Crippen LogP contribution is -1.80. The Morgan fingerprint density at radius 3 is 2.50 bits per heavy atom. The summed E-state index contributed by atoms with van der Waals surface area (Å²) < 4.78 is 0. The average molecular weight is 207 g/mol. The van der Waals surface area contributed by atoms with E-state index < -0.39 is 0 Å². The SMILES string of the molecule is C=Cc1ccnc(C=Cc2ccccc2)c1. The van der Waals surface area contributed by atoms with Gasteiger partial charge in [-0.1, -0.05) is 49.1 Å². The molecule has 0 aliphatic rings. The van der Waals surface area contributed by atoms with Crippen LogP contribution in [0.3, 0.4) is 0 Å². The fourth-order valence-electron chi connectivity index (χ4n) is 1.43. The number of rotatable bonds is 3. The van der Waals surface area contributed by atoms with Crippen LogP contribution in [-0.4, -0.2) is 4.98 Å². The van der Waals surface area contributed by atoms with E-state index >= 15 is 0 Å². The van der Waals surface area contributed by atoms with Gasteiger partial charge < -0.3 is 0 Å². The Bertz CT molecular complexity index is 498. The van der Waals surface area contributed by atoms with Crippen LogP contribution < -0.4 is 0 Å². The molecule has 0 fully saturated rings. The van der Waals surface area contributed by atoms with Gasteiger partial charge in [0.2, 0.25) is 0 Å². The highest BCUT2D eigenvalue weighted by molar-refractivity contribution is 5.68. The third-order valence-corrected chi connectivity index (χ3v) is 2.29. The second-order valence-electron chi connectivity index (χ2n) is 3.46. The van der Waals surface area contributed by atoms with Crippen molar-refractivity contribution in [1.82, 2.24) is 4.98 Å². The van der Waals surface area contributed by atoms with Gasteiger partial charge in [-0.25, -0.2) is 0 Å². The molecule has 1 heteroatoms. The summed E-state index contributed by atoms with van der Waals surface area (Å²) in [4.78, 5) is 4.27. The quantitative estimate of drug-likeness (QED) is 0.744. The van der Waals surface area contributed by atoms with E-state index in [1.807, 2.05) is 42.5 Å². The van der Waals surface area contributed by atoms with Crippen molar-refractivity contribution in [3.8, 4) is 0 Å². The third-order valence-electron chi connectivity index (χ3n) is 2.29. The van der Waals surface area contributed by atoms with Crippen molar-refractivity contribution in [3.63, 3.8) is 0 Å². The van der Waals surface area contributed by atoms with Gasteiger partial charge >= 0.3 is 0 Å². The molecule has 16 heavy (non-hydrogen) atoms. The van der Waals surface area contributed by atoms with Crippen LogP contribution in [0.15, 0.2) is 55.2 Å². The number of benzene rings is 1. The van der Waals surface area contributed by atoms with Crippen LogP contribution in [0.1, 0.15) is 16.8 Å². The second-order valence-corrected chi connectivity index (χ2v) is 3.46. The zero-order valence-corrected chi connectivity index (χ0v) is 9.01. The van der Waals surface area contributed by atoms with Crippen LogP contribution in [0, 0.1) is 0 Å². The van der Waals surface area contributed by atoms with Crippen LogP contribution in [0.4, 0.5) is 0 Å². The van der Waals surface area contributed by atoms with Gasteiger partial charge in [0, 0.05) is 6.20 Å². The molecule has 1 heterocycles. The highest BCUT2D eigenvalue weighted by atomic mass is 14.6. The van der Waals surface area contributed by atoms with Gasteiger partial charge in [-0.2, -0.15) is 0 Å². The molecule has 1 nitrogen and oxygen atoms in total. The summed E-state index contributed by atoms with van der Waals surface area (Å²) in [6.45, 7) is 3.74. The van der Waals surface area contributed by atoms with Crippen molar-refractivity contribution in [2.75, 3.05) is 0 Å². The molecule has 0 aliphatic carbocycles. The lowest BCUT2D eigenvalue weighted by atomic mass is 10.2. The van der Waals surface area contributed by atoms with Crippen molar-refractivity contribution < 1.29 is 0 Å². The zero-order chi connectivity index (χ0) is 11.2. The van der Waals surface area contributed by atoms with Crippen molar-refractivity contribution in [3.05, 3.63) is 72.1 Å². The third kappa shape index (κ3) is 2.67. The highest BCUT2D eigenvalue weighted by Gasteiger charge is 1.90. The fraction of sp³-hybridized carbons (Fsp3) is 0. The summed E-state index contributed by atoms with van der Waals surface area (Å²) in [5.74, 6) is 0. The maximum absolute atomic E-state index is 4.27.